The SMILES string of the molecule is CC1(C)CC(=O)C2=C(C1)Nc1nc(SCc3ccc(F)cc3)nc(N)c1C2c1cccnc1. The zero-order valence-corrected chi connectivity index (χ0v) is 19.2. The van der Waals surface area contributed by atoms with Gasteiger partial charge in [-0.05, 0) is 41.2 Å². The number of aromatic nitrogens is 3. The third-order valence-electron chi connectivity index (χ3n) is 6.02. The van der Waals surface area contributed by atoms with Crippen molar-refractivity contribution in [3.63, 3.8) is 0 Å². The van der Waals surface area contributed by atoms with Gasteiger partial charge in [0.05, 0.1) is 0 Å². The normalized spacial score (nSPS) is 19.0. The molecule has 0 saturated carbocycles. The van der Waals surface area contributed by atoms with Crippen LogP contribution in [-0.2, 0) is 10.5 Å². The van der Waals surface area contributed by atoms with E-state index in [0.717, 1.165) is 28.8 Å². The van der Waals surface area contributed by atoms with Crippen molar-refractivity contribution in [2.24, 2.45) is 5.41 Å². The number of carbonyl (C=O) groups is 1. The molecular formula is C25H24FN5OS. The third kappa shape index (κ3) is 4.23. The molecule has 0 radical (unpaired) electrons. The average Bonchev–Trinajstić information content (AvgIpc) is 2.77. The molecule has 3 heterocycles. The number of carbonyl (C=O) groups excluding carboxylic acids is 1. The molecule has 2 aromatic heterocycles. The fourth-order valence-electron chi connectivity index (χ4n) is 4.59. The number of benzene rings is 1. The van der Waals surface area contributed by atoms with E-state index in [4.69, 9.17) is 10.7 Å². The van der Waals surface area contributed by atoms with Crippen molar-refractivity contribution in [1.82, 2.24) is 15.0 Å². The summed E-state index contributed by atoms with van der Waals surface area (Å²) in [4.78, 5) is 26.9. The van der Waals surface area contributed by atoms with Gasteiger partial charge in [-0.2, -0.15) is 0 Å². The van der Waals surface area contributed by atoms with Crippen molar-refractivity contribution in [1.29, 1.82) is 0 Å². The zero-order valence-electron chi connectivity index (χ0n) is 18.4. The van der Waals surface area contributed by atoms with Gasteiger partial charge in [-0.25, -0.2) is 14.4 Å². The minimum Gasteiger partial charge on any atom is -0.383 e. The zero-order chi connectivity index (χ0) is 23.2. The van der Waals surface area contributed by atoms with Gasteiger partial charge in [-0.15, -0.1) is 0 Å². The van der Waals surface area contributed by atoms with Crippen LogP contribution in [0.1, 0.15) is 49.3 Å². The molecule has 1 atom stereocenters. The average molecular weight is 462 g/mol. The van der Waals surface area contributed by atoms with Gasteiger partial charge in [0.2, 0.25) is 0 Å². The second kappa shape index (κ2) is 8.26. The summed E-state index contributed by atoms with van der Waals surface area (Å²) in [6.45, 7) is 4.20. The lowest BCUT2D eigenvalue weighted by atomic mass is 9.69. The van der Waals surface area contributed by atoms with Crippen LogP contribution in [0, 0.1) is 11.2 Å². The van der Waals surface area contributed by atoms with Gasteiger partial charge in [-0.3, -0.25) is 9.78 Å². The number of nitrogens with two attached hydrogens (primary N) is 1. The Morgan fingerprint density at radius 1 is 1.18 bits per heavy atom. The van der Waals surface area contributed by atoms with Gasteiger partial charge in [0.15, 0.2) is 10.9 Å². The van der Waals surface area contributed by atoms with Crippen molar-refractivity contribution in [3.8, 4) is 0 Å². The Labute approximate surface area is 195 Å². The van der Waals surface area contributed by atoms with E-state index in [9.17, 15) is 9.18 Å². The summed E-state index contributed by atoms with van der Waals surface area (Å²) in [5.41, 5.74) is 10.5. The Kier molecular flexibility index (Phi) is 5.40. The molecule has 1 aliphatic heterocycles. The molecule has 0 fully saturated rings. The van der Waals surface area contributed by atoms with E-state index in [1.165, 1.54) is 23.9 Å². The Hall–Kier alpha value is -3.26. The maximum atomic E-state index is 13.3. The first-order valence-electron chi connectivity index (χ1n) is 10.8. The number of nitrogens with one attached hydrogen (secondary N) is 1. The molecule has 3 aromatic rings. The highest BCUT2D eigenvalue weighted by molar-refractivity contribution is 7.98. The quantitative estimate of drug-likeness (QED) is 0.413. The van der Waals surface area contributed by atoms with E-state index >= 15 is 0 Å². The first kappa shape index (κ1) is 21.6. The number of hydrogen-bond acceptors (Lipinski definition) is 7. The minimum absolute atomic E-state index is 0.113. The van der Waals surface area contributed by atoms with Crippen LogP contribution >= 0.6 is 11.8 Å². The number of halogens is 1. The highest BCUT2D eigenvalue weighted by Crippen LogP contribution is 2.49. The number of thioether (sulfide) groups is 1. The Morgan fingerprint density at radius 2 is 1.97 bits per heavy atom. The van der Waals surface area contributed by atoms with Crippen LogP contribution in [0.5, 0.6) is 0 Å². The van der Waals surface area contributed by atoms with E-state index in [2.05, 4.69) is 29.1 Å². The monoisotopic (exact) mass is 461 g/mol. The predicted molar refractivity (Wildman–Crippen MR) is 127 cm³/mol. The molecule has 0 saturated heterocycles. The number of rotatable bonds is 4. The Bertz CT molecular complexity index is 1260. The summed E-state index contributed by atoms with van der Waals surface area (Å²) >= 11 is 1.43. The molecule has 1 aliphatic carbocycles. The molecule has 168 valence electrons. The number of fused-ring (bicyclic) bond motifs is 1. The first-order chi connectivity index (χ1) is 15.8. The van der Waals surface area contributed by atoms with Gasteiger partial charge in [0, 0.05) is 47.3 Å². The van der Waals surface area contributed by atoms with Crippen LogP contribution in [0.15, 0.2) is 65.2 Å². The van der Waals surface area contributed by atoms with Crippen LogP contribution in [-0.4, -0.2) is 20.7 Å². The number of nitrogens with zero attached hydrogens (tertiary/aromatic N) is 3. The van der Waals surface area contributed by atoms with Crippen LogP contribution in [0.4, 0.5) is 16.0 Å². The first-order valence-corrected chi connectivity index (χ1v) is 11.8. The molecule has 3 N–H and O–H groups in total. The molecular weight excluding hydrogens is 437 g/mol. The number of allylic oxidation sites excluding steroid dienone is 2. The standard InChI is InChI=1S/C25H24FN5OS/c1-25(2)10-17-20(18(32)11-25)19(15-4-3-9-28-12-15)21-22(27)30-24(31-23(21)29-17)33-13-14-5-7-16(26)8-6-14/h3-9,12,19H,10-11,13H2,1-2H3,(H3,27,29,30,31). The fourth-order valence-corrected chi connectivity index (χ4v) is 5.39. The van der Waals surface area contributed by atoms with E-state index in [-0.39, 0.29) is 22.9 Å². The molecule has 0 amide bonds. The molecule has 0 bridgehead atoms. The predicted octanol–water partition coefficient (Wildman–Crippen LogP) is 5.09. The second-order valence-corrected chi connectivity index (χ2v) is 10.2. The van der Waals surface area contributed by atoms with Crippen molar-refractivity contribution in [2.45, 2.75) is 43.5 Å². The molecule has 0 spiro atoms. The second-order valence-electron chi connectivity index (χ2n) is 9.25. The van der Waals surface area contributed by atoms with Gasteiger partial charge in [-0.1, -0.05) is 43.8 Å². The van der Waals surface area contributed by atoms with E-state index in [1.807, 2.05) is 12.1 Å². The van der Waals surface area contributed by atoms with Crippen molar-refractivity contribution in [2.75, 3.05) is 11.1 Å². The van der Waals surface area contributed by atoms with Gasteiger partial charge >= 0.3 is 0 Å². The van der Waals surface area contributed by atoms with Crippen LogP contribution in [0.3, 0.4) is 0 Å². The summed E-state index contributed by atoms with van der Waals surface area (Å²) < 4.78 is 13.2. The van der Waals surface area contributed by atoms with E-state index in [0.29, 0.717) is 34.5 Å². The lowest BCUT2D eigenvalue weighted by Crippen LogP contribution is -2.34. The maximum Gasteiger partial charge on any atom is 0.191 e. The van der Waals surface area contributed by atoms with E-state index in [1.54, 1.807) is 24.5 Å². The smallest absolute Gasteiger partial charge is 0.191 e. The number of anilines is 2. The highest BCUT2D eigenvalue weighted by atomic mass is 32.2. The molecule has 8 heteroatoms. The number of ketones is 1. The van der Waals surface area contributed by atoms with Crippen LogP contribution < -0.4 is 11.1 Å². The summed E-state index contributed by atoms with van der Waals surface area (Å²) in [6, 6.07) is 10.2. The third-order valence-corrected chi connectivity index (χ3v) is 6.94. The van der Waals surface area contributed by atoms with Gasteiger partial charge in [0.25, 0.3) is 0 Å². The summed E-state index contributed by atoms with van der Waals surface area (Å²) in [5.74, 6) is 1.04. The molecule has 2 aliphatic rings. The number of nitrogen functional groups attached to an aromatic ring is 1. The fraction of sp³-hybridized carbons (Fsp3) is 0.280. The van der Waals surface area contributed by atoms with E-state index < -0.39 is 0 Å². The van der Waals surface area contributed by atoms with Gasteiger partial charge < -0.3 is 11.1 Å². The van der Waals surface area contributed by atoms with Crippen molar-refractivity contribution < 1.29 is 9.18 Å². The van der Waals surface area contributed by atoms with Gasteiger partial charge in [0.1, 0.15) is 17.5 Å². The summed E-state index contributed by atoms with van der Waals surface area (Å²) in [6.07, 6.45) is 4.70. The van der Waals surface area contributed by atoms with Crippen LogP contribution in [0.25, 0.3) is 0 Å². The van der Waals surface area contributed by atoms with Crippen molar-refractivity contribution in [3.05, 3.63) is 82.6 Å². The van der Waals surface area contributed by atoms with Crippen molar-refractivity contribution >= 4 is 29.2 Å². The topological polar surface area (TPSA) is 93.8 Å². The molecule has 6 nitrogen and oxygen atoms in total. The molecule has 5 rings (SSSR count). The van der Waals surface area contributed by atoms with Crippen LogP contribution in [0.2, 0.25) is 0 Å². The Morgan fingerprint density at radius 3 is 2.70 bits per heavy atom. The lowest BCUT2D eigenvalue weighted by Gasteiger charge is -2.39. The summed E-state index contributed by atoms with van der Waals surface area (Å²) in [5, 5.41) is 3.94. The summed E-state index contributed by atoms with van der Waals surface area (Å²) in [7, 11) is 0. The molecule has 1 unspecified atom stereocenters. The maximum absolute atomic E-state index is 13.3. The molecule has 33 heavy (non-hydrogen) atoms. The number of Topliss-reactive ketones (excluding diaryl/α,β-unsaturated/α-hetero) is 1. The Balaban J connectivity index is 1.55. The number of pyridine rings is 1. The largest absolute Gasteiger partial charge is 0.383 e. The minimum atomic E-state index is -0.357. The lowest BCUT2D eigenvalue weighted by molar-refractivity contribution is -0.118. The highest BCUT2D eigenvalue weighted by Gasteiger charge is 2.42. The number of hydrogen-bond donors (Lipinski definition) is 2. The molecule has 1 aromatic carbocycles.